The fourth-order valence-corrected chi connectivity index (χ4v) is 3.77. The number of allylic oxidation sites excluding steroid dienone is 2. The maximum absolute atomic E-state index is 13.1. The Morgan fingerprint density at radius 1 is 1.17 bits per heavy atom. The minimum absolute atomic E-state index is 0.0551. The first kappa shape index (κ1) is 20.6. The largest absolute Gasteiger partial charge is 0.460 e. The Morgan fingerprint density at radius 3 is 2.52 bits per heavy atom. The van der Waals surface area contributed by atoms with Crippen molar-refractivity contribution in [3.63, 3.8) is 0 Å². The Morgan fingerprint density at radius 2 is 1.86 bits per heavy atom. The molecular weight excluding hydrogens is 362 g/mol. The summed E-state index contributed by atoms with van der Waals surface area (Å²) in [5, 5.41) is 0. The highest BCUT2D eigenvalue weighted by Gasteiger charge is 2.35. The van der Waals surface area contributed by atoms with Crippen LogP contribution in [0.15, 0.2) is 73.0 Å². The topological polar surface area (TPSA) is 46.6 Å². The van der Waals surface area contributed by atoms with Gasteiger partial charge >= 0.3 is 5.97 Å². The molecule has 0 spiro atoms. The number of hydrogen-bond donors (Lipinski definition) is 0. The van der Waals surface area contributed by atoms with Gasteiger partial charge in [-0.15, -0.1) is 0 Å². The maximum atomic E-state index is 13.1. The third kappa shape index (κ3) is 5.02. The smallest absolute Gasteiger partial charge is 0.333 e. The third-order valence-corrected chi connectivity index (χ3v) is 5.01. The van der Waals surface area contributed by atoms with E-state index in [1.807, 2.05) is 62.1 Å². The highest BCUT2D eigenvalue weighted by molar-refractivity contribution is 5.91. The fourth-order valence-electron chi connectivity index (χ4n) is 3.77. The van der Waals surface area contributed by atoms with Gasteiger partial charge in [0, 0.05) is 12.6 Å². The van der Waals surface area contributed by atoms with E-state index in [0.717, 1.165) is 22.3 Å². The summed E-state index contributed by atoms with van der Waals surface area (Å²) in [6.07, 6.45) is 7.27. The molecule has 1 aliphatic rings. The molecule has 4 nitrogen and oxygen atoms in total. The van der Waals surface area contributed by atoms with Gasteiger partial charge in [-0.3, -0.25) is 4.79 Å². The van der Waals surface area contributed by atoms with Gasteiger partial charge in [-0.25, -0.2) is 4.79 Å². The number of carbonyl (C=O) groups excluding carboxylic acids is 2. The van der Waals surface area contributed by atoms with E-state index in [4.69, 9.17) is 4.74 Å². The predicted molar refractivity (Wildman–Crippen MR) is 114 cm³/mol. The van der Waals surface area contributed by atoms with Crippen molar-refractivity contribution >= 4 is 11.8 Å². The Kier molecular flexibility index (Phi) is 6.65. The molecule has 1 aliphatic heterocycles. The lowest BCUT2D eigenvalue weighted by Gasteiger charge is -2.38. The molecule has 0 aromatic heterocycles. The summed E-state index contributed by atoms with van der Waals surface area (Å²) >= 11 is 0. The minimum atomic E-state index is -0.628. The summed E-state index contributed by atoms with van der Waals surface area (Å²) in [5.74, 6) is -0.276. The number of hydrogen-bond acceptors (Lipinski definition) is 4. The fraction of sp³-hybridized carbons (Fsp3) is 0.280. The Balaban J connectivity index is 2.04. The first-order valence-corrected chi connectivity index (χ1v) is 9.89. The highest BCUT2D eigenvalue weighted by atomic mass is 16.5. The number of nitrogens with zero attached hydrogens (tertiary/aromatic N) is 1. The minimum Gasteiger partial charge on any atom is -0.460 e. The molecule has 29 heavy (non-hydrogen) atoms. The van der Waals surface area contributed by atoms with Crippen LogP contribution < -0.4 is 0 Å². The molecule has 1 heterocycles. The number of esters is 1. The highest BCUT2D eigenvalue weighted by Crippen LogP contribution is 2.37. The van der Waals surface area contributed by atoms with Gasteiger partial charge in [0.05, 0.1) is 6.04 Å². The van der Waals surface area contributed by atoms with Crippen molar-refractivity contribution in [2.75, 3.05) is 6.61 Å². The van der Waals surface area contributed by atoms with E-state index in [1.54, 1.807) is 18.4 Å². The second-order valence-electron chi connectivity index (χ2n) is 7.38. The first-order valence-electron chi connectivity index (χ1n) is 9.89. The molecule has 2 atom stereocenters. The van der Waals surface area contributed by atoms with Gasteiger partial charge in [0.1, 0.15) is 6.61 Å². The van der Waals surface area contributed by atoms with Crippen molar-refractivity contribution in [1.82, 2.24) is 4.90 Å². The van der Waals surface area contributed by atoms with Crippen LogP contribution in [0.5, 0.6) is 0 Å². The van der Waals surface area contributed by atoms with Crippen LogP contribution in [0.25, 0.3) is 0 Å². The average molecular weight is 389 g/mol. The van der Waals surface area contributed by atoms with Gasteiger partial charge in [-0.05, 0) is 38.0 Å². The Labute approximate surface area is 172 Å². The average Bonchev–Trinajstić information content (AvgIpc) is 2.69. The molecule has 0 amide bonds. The first-order chi connectivity index (χ1) is 14.0. The van der Waals surface area contributed by atoms with Crippen molar-refractivity contribution in [1.29, 1.82) is 0 Å². The molecule has 3 rings (SSSR count). The van der Waals surface area contributed by atoms with Crippen molar-refractivity contribution in [3.05, 3.63) is 95.2 Å². The molecule has 0 N–H and O–H groups in total. The summed E-state index contributed by atoms with van der Waals surface area (Å²) in [7, 11) is 0. The van der Waals surface area contributed by atoms with Crippen LogP contribution in [0.3, 0.4) is 0 Å². The van der Waals surface area contributed by atoms with E-state index in [2.05, 4.69) is 18.2 Å². The standard InChI is InChI=1S/C25H27NO3/c1-4-5-13-29-25(28)24(20-9-7-6-8-10-20)26-12-11-22(27)17-23(26)21-15-18(2)14-19(3)16-21/h4-12,14-16,23-24H,13,17H2,1-3H3/b5-4+. The number of benzene rings is 2. The monoisotopic (exact) mass is 389 g/mol. The van der Waals surface area contributed by atoms with Gasteiger partial charge in [0.25, 0.3) is 0 Å². The second kappa shape index (κ2) is 9.37. The van der Waals surface area contributed by atoms with Crippen LogP contribution in [-0.4, -0.2) is 23.3 Å². The molecule has 2 aromatic rings. The molecule has 0 bridgehead atoms. The van der Waals surface area contributed by atoms with Crippen molar-refractivity contribution in [2.45, 2.75) is 39.3 Å². The molecule has 0 aliphatic carbocycles. The van der Waals surface area contributed by atoms with E-state index >= 15 is 0 Å². The molecule has 0 saturated carbocycles. The number of ether oxygens (including phenoxy) is 1. The van der Waals surface area contributed by atoms with E-state index < -0.39 is 6.04 Å². The van der Waals surface area contributed by atoms with Crippen molar-refractivity contribution < 1.29 is 14.3 Å². The van der Waals surface area contributed by atoms with Crippen LogP contribution in [-0.2, 0) is 14.3 Å². The van der Waals surface area contributed by atoms with E-state index in [1.165, 1.54) is 0 Å². The van der Waals surface area contributed by atoms with Crippen LogP contribution in [0.2, 0.25) is 0 Å². The van der Waals surface area contributed by atoms with E-state index in [9.17, 15) is 9.59 Å². The van der Waals surface area contributed by atoms with Crippen LogP contribution in [0, 0.1) is 13.8 Å². The van der Waals surface area contributed by atoms with Crippen LogP contribution >= 0.6 is 0 Å². The Bertz CT molecular complexity index is 910. The normalized spacial score (nSPS) is 17.6. The SMILES string of the molecule is C/C=C/COC(=O)C(c1ccccc1)N1C=CC(=O)CC1c1cc(C)cc(C)c1. The molecule has 150 valence electrons. The van der Waals surface area contributed by atoms with Gasteiger partial charge in [-0.2, -0.15) is 0 Å². The lowest BCUT2D eigenvalue weighted by molar-refractivity contribution is -0.149. The van der Waals surface area contributed by atoms with Gasteiger partial charge < -0.3 is 9.64 Å². The summed E-state index contributed by atoms with van der Waals surface area (Å²) in [6.45, 7) is 6.20. The summed E-state index contributed by atoms with van der Waals surface area (Å²) in [4.78, 5) is 27.3. The molecule has 0 saturated heterocycles. The molecule has 4 heteroatoms. The quantitative estimate of drug-likeness (QED) is 0.516. The van der Waals surface area contributed by atoms with Gasteiger partial charge in [-0.1, -0.05) is 71.8 Å². The second-order valence-corrected chi connectivity index (χ2v) is 7.38. The summed E-state index contributed by atoms with van der Waals surface area (Å²) < 4.78 is 5.52. The zero-order valence-electron chi connectivity index (χ0n) is 17.2. The van der Waals surface area contributed by atoms with E-state index in [-0.39, 0.29) is 24.4 Å². The third-order valence-electron chi connectivity index (χ3n) is 5.01. The van der Waals surface area contributed by atoms with Crippen molar-refractivity contribution in [2.24, 2.45) is 0 Å². The molecule has 2 unspecified atom stereocenters. The number of carbonyl (C=O) groups is 2. The number of ketones is 1. The molecule has 2 aromatic carbocycles. The lowest BCUT2D eigenvalue weighted by Crippen LogP contribution is -2.37. The predicted octanol–water partition coefficient (Wildman–Crippen LogP) is 4.99. The van der Waals surface area contributed by atoms with Crippen LogP contribution in [0.1, 0.15) is 47.7 Å². The molecule has 0 radical (unpaired) electrons. The van der Waals surface area contributed by atoms with Gasteiger partial charge in [0.2, 0.25) is 0 Å². The molecule has 0 fully saturated rings. The lowest BCUT2D eigenvalue weighted by atomic mass is 9.92. The number of rotatable bonds is 6. The summed E-state index contributed by atoms with van der Waals surface area (Å²) in [6, 6.07) is 15.0. The Hall–Kier alpha value is -3.14. The van der Waals surface area contributed by atoms with E-state index in [0.29, 0.717) is 6.42 Å². The van der Waals surface area contributed by atoms with Gasteiger partial charge in [0.15, 0.2) is 11.8 Å². The van der Waals surface area contributed by atoms with Crippen LogP contribution in [0.4, 0.5) is 0 Å². The molecular formula is C25H27NO3. The number of aryl methyl sites for hydroxylation is 2. The summed E-state index contributed by atoms with van der Waals surface area (Å²) in [5.41, 5.74) is 4.14. The zero-order valence-corrected chi connectivity index (χ0v) is 17.2. The maximum Gasteiger partial charge on any atom is 0.333 e. The zero-order chi connectivity index (χ0) is 20.8. The van der Waals surface area contributed by atoms with Crippen molar-refractivity contribution in [3.8, 4) is 0 Å².